The highest BCUT2D eigenvalue weighted by atomic mass is 16.6. The predicted octanol–water partition coefficient (Wildman–Crippen LogP) is 3.35. The second-order valence-corrected chi connectivity index (χ2v) is 7.64. The summed E-state index contributed by atoms with van der Waals surface area (Å²) < 4.78 is 17.2. The first-order valence-electron chi connectivity index (χ1n) is 10.2. The number of ether oxygens (including phenoxy) is 3. The van der Waals surface area contributed by atoms with Crippen molar-refractivity contribution in [3.63, 3.8) is 0 Å². The van der Waals surface area contributed by atoms with Crippen molar-refractivity contribution in [1.82, 2.24) is 5.32 Å². The summed E-state index contributed by atoms with van der Waals surface area (Å²) in [6, 6.07) is 22.2. The van der Waals surface area contributed by atoms with Crippen LogP contribution in [-0.2, 0) is 14.2 Å². The van der Waals surface area contributed by atoms with E-state index in [-0.39, 0.29) is 24.7 Å². The fraction of sp³-hybridized carbons (Fsp3) is 0.250. The molecular weight excluding hydrogens is 396 g/mol. The van der Waals surface area contributed by atoms with E-state index in [1.807, 2.05) is 60.7 Å². The van der Waals surface area contributed by atoms with Crippen molar-refractivity contribution >= 4 is 28.5 Å². The fourth-order valence-corrected chi connectivity index (χ4v) is 4.14. The number of carbonyl (C=O) groups excluding carboxylic acids is 2. The van der Waals surface area contributed by atoms with E-state index in [0.29, 0.717) is 17.9 Å². The van der Waals surface area contributed by atoms with Crippen molar-refractivity contribution < 1.29 is 23.8 Å². The quantitative estimate of drug-likeness (QED) is 0.679. The highest BCUT2D eigenvalue weighted by Gasteiger charge is 2.50. The van der Waals surface area contributed by atoms with Crippen LogP contribution in [0.25, 0.3) is 10.8 Å². The van der Waals surface area contributed by atoms with Crippen molar-refractivity contribution in [3.05, 3.63) is 78.4 Å². The van der Waals surface area contributed by atoms with Crippen molar-refractivity contribution in [2.45, 2.75) is 24.4 Å². The van der Waals surface area contributed by atoms with Crippen LogP contribution in [0.5, 0.6) is 0 Å². The fourth-order valence-electron chi connectivity index (χ4n) is 4.14. The molecule has 31 heavy (non-hydrogen) atoms. The standard InChI is InChI=1S/C24H22N2O5/c27-23(16-8-2-1-3-9-16)25-19-13-29-22-20(14-30-21(19)22)31-24(28)26-18-12-6-10-15-7-4-5-11-17(15)18/h1-12,19-22H,13-14H2,(H,25,27)(H,26,28)/t19-,20-,21-,22+/m1/s1. The number of benzene rings is 3. The Balaban J connectivity index is 1.20. The number of rotatable bonds is 4. The van der Waals surface area contributed by atoms with Crippen molar-refractivity contribution in [1.29, 1.82) is 0 Å². The van der Waals surface area contributed by atoms with Crippen LogP contribution in [0.4, 0.5) is 10.5 Å². The number of fused-ring (bicyclic) bond motifs is 2. The number of carbonyl (C=O) groups is 2. The normalized spacial score (nSPS) is 24.5. The summed E-state index contributed by atoms with van der Waals surface area (Å²) in [7, 11) is 0. The number of hydrogen-bond acceptors (Lipinski definition) is 5. The molecule has 2 aliphatic heterocycles. The SMILES string of the molecule is O=C(Nc1cccc2ccccc12)O[C@@H]1CO[C@H]2[C@H]1OC[C@H]2NC(=O)c1ccccc1. The van der Waals surface area contributed by atoms with Gasteiger partial charge in [0.25, 0.3) is 5.91 Å². The lowest BCUT2D eigenvalue weighted by Crippen LogP contribution is -2.44. The lowest BCUT2D eigenvalue weighted by atomic mass is 10.1. The van der Waals surface area contributed by atoms with E-state index in [9.17, 15) is 9.59 Å². The molecule has 2 saturated heterocycles. The van der Waals surface area contributed by atoms with Crippen LogP contribution >= 0.6 is 0 Å². The smallest absolute Gasteiger partial charge is 0.412 e. The molecule has 0 aliphatic carbocycles. The van der Waals surface area contributed by atoms with E-state index in [0.717, 1.165) is 10.8 Å². The summed E-state index contributed by atoms with van der Waals surface area (Å²) in [6.07, 6.45) is -1.88. The molecule has 0 radical (unpaired) electrons. The summed E-state index contributed by atoms with van der Waals surface area (Å²) in [4.78, 5) is 25.0. The first-order valence-corrected chi connectivity index (χ1v) is 10.2. The third kappa shape index (κ3) is 3.97. The Kier molecular flexibility index (Phi) is 5.28. The van der Waals surface area contributed by atoms with Crippen LogP contribution < -0.4 is 10.6 Å². The van der Waals surface area contributed by atoms with E-state index in [2.05, 4.69) is 10.6 Å². The summed E-state index contributed by atoms with van der Waals surface area (Å²) in [6.45, 7) is 0.523. The number of nitrogens with one attached hydrogen (secondary N) is 2. The molecule has 5 rings (SSSR count). The van der Waals surface area contributed by atoms with Crippen LogP contribution in [0.15, 0.2) is 72.8 Å². The van der Waals surface area contributed by atoms with E-state index in [4.69, 9.17) is 14.2 Å². The van der Waals surface area contributed by atoms with E-state index in [1.165, 1.54) is 0 Å². The van der Waals surface area contributed by atoms with E-state index < -0.39 is 18.3 Å². The van der Waals surface area contributed by atoms with E-state index in [1.54, 1.807) is 12.1 Å². The van der Waals surface area contributed by atoms with Crippen molar-refractivity contribution in [2.75, 3.05) is 18.5 Å². The van der Waals surface area contributed by atoms with Gasteiger partial charge in [0.05, 0.1) is 24.9 Å². The average Bonchev–Trinajstić information content (AvgIpc) is 3.38. The summed E-state index contributed by atoms with van der Waals surface area (Å²) in [5, 5.41) is 7.73. The average molecular weight is 418 g/mol. The molecule has 2 fully saturated rings. The molecule has 2 amide bonds. The van der Waals surface area contributed by atoms with Gasteiger partial charge in [-0.15, -0.1) is 0 Å². The molecule has 158 valence electrons. The Morgan fingerprint density at radius 3 is 2.45 bits per heavy atom. The van der Waals surface area contributed by atoms with Gasteiger partial charge in [-0.2, -0.15) is 0 Å². The number of amides is 2. The van der Waals surface area contributed by atoms with E-state index >= 15 is 0 Å². The van der Waals surface area contributed by atoms with Crippen LogP contribution in [-0.4, -0.2) is 49.6 Å². The van der Waals surface area contributed by atoms with Crippen LogP contribution in [0.1, 0.15) is 10.4 Å². The Labute approximate surface area is 179 Å². The third-order valence-electron chi connectivity index (χ3n) is 5.65. The molecule has 2 heterocycles. The zero-order chi connectivity index (χ0) is 21.2. The third-order valence-corrected chi connectivity index (χ3v) is 5.65. The molecule has 4 atom stereocenters. The molecule has 0 unspecified atom stereocenters. The predicted molar refractivity (Wildman–Crippen MR) is 115 cm³/mol. The summed E-state index contributed by atoms with van der Waals surface area (Å²) in [5.74, 6) is -0.184. The van der Waals surface area contributed by atoms with Crippen molar-refractivity contribution in [2.24, 2.45) is 0 Å². The molecule has 7 heteroatoms. The molecule has 0 spiro atoms. The maximum atomic E-state index is 12.5. The zero-order valence-electron chi connectivity index (χ0n) is 16.7. The van der Waals surface area contributed by atoms with Gasteiger partial charge < -0.3 is 19.5 Å². The zero-order valence-corrected chi connectivity index (χ0v) is 16.7. The maximum Gasteiger partial charge on any atom is 0.412 e. The number of anilines is 1. The second-order valence-electron chi connectivity index (χ2n) is 7.64. The topological polar surface area (TPSA) is 85.9 Å². The molecular formula is C24H22N2O5. The summed E-state index contributed by atoms with van der Waals surface area (Å²) >= 11 is 0. The minimum absolute atomic E-state index is 0.184. The van der Waals surface area contributed by atoms with Crippen molar-refractivity contribution in [3.8, 4) is 0 Å². The van der Waals surface area contributed by atoms with Gasteiger partial charge in [0.2, 0.25) is 0 Å². The minimum Gasteiger partial charge on any atom is -0.441 e. The summed E-state index contributed by atoms with van der Waals surface area (Å²) in [5.41, 5.74) is 1.25. The van der Waals surface area contributed by atoms with Gasteiger partial charge in [-0.1, -0.05) is 54.6 Å². The highest BCUT2D eigenvalue weighted by molar-refractivity contribution is 6.00. The minimum atomic E-state index is -0.564. The maximum absolute atomic E-state index is 12.5. The number of hydrogen-bond donors (Lipinski definition) is 2. The van der Waals surface area contributed by atoms with Crippen LogP contribution in [0.2, 0.25) is 0 Å². The van der Waals surface area contributed by atoms with Crippen LogP contribution in [0, 0.1) is 0 Å². The van der Waals surface area contributed by atoms with Gasteiger partial charge in [0.1, 0.15) is 12.2 Å². The second kappa shape index (κ2) is 8.37. The first-order chi connectivity index (χ1) is 15.2. The van der Waals surface area contributed by atoms with Gasteiger partial charge in [-0.3, -0.25) is 10.1 Å². The monoisotopic (exact) mass is 418 g/mol. The molecule has 2 aliphatic rings. The van der Waals surface area contributed by atoms with Gasteiger partial charge >= 0.3 is 6.09 Å². The van der Waals surface area contributed by atoms with Gasteiger partial charge in [-0.05, 0) is 23.6 Å². The van der Waals surface area contributed by atoms with Crippen LogP contribution in [0.3, 0.4) is 0 Å². The molecule has 3 aromatic carbocycles. The van der Waals surface area contributed by atoms with Gasteiger partial charge in [0.15, 0.2) is 6.10 Å². The Morgan fingerprint density at radius 2 is 1.58 bits per heavy atom. The Morgan fingerprint density at radius 1 is 0.839 bits per heavy atom. The molecule has 2 N–H and O–H groups in total. The van der Waals surface area contributed by atoms with Gasteiger partial charge in [0, 0.05) is 10.9 Å². The Hall–Kier alpha value is -3.42. The lowest BCUT2D eigenvalue weighted by molar-refractivity contribution is 0.00862. The Bertz CT molecular complexity index is 1100. The molecule has 0 bridgehead atoms. The molecule has 0 saturated carbocycles. The van der Waals surface area contributed by atoms with Gasteiger partial charge in [-0.25, -0.2) is 4.79 Å². The highest BCUT2D eigenvalue weighted by Crippen LogP contribution is 2.30. The largest absolute Gasteiger partial charge is 0.441 e. The molecule has 7 nitrogen and oxygen atoms in total. The lowest BCUT2D eigenvalue weighted by Gasteiger charge is -2.18. The first kappa shape index (κ1) is 19.5. The molecule has 3 aromatic rings. The molecule has 0 aromatic heterocycles.